The Balaban J connectivity index is 1.04. The van der Waals surface area contributed by atoms with Crippen LogP contribution < -0.4 is 9.80 Å². The minimum atomic E-state index is -2.05. The monoisotopic (exact) mass is 1100 g/mol. The lowest BCUT2D eigenvalue weighted by molar-refractivity contribution is -0.175. The van der Waals surface area contributed by atoms with Crippen LogP contribution >= 0.6 is 0 Å². The van der Waals surface area contributed by atoms with E-state index >= 15 is 4.39 Å². The molecule has 3 aromatic rings. The van der Waals surface area contributed by atoms with Gasteiger partial charge in [0.25, 0.3) is 11.8 Å². The Morgan fingerprint density at radius 2 is 1.06 bits per heavy atom. The highest BCUT2D eigenvalue weighted by Crippen LogP contribution is 2.36. The summed E-state index contributed by atoms with van der Waals surface area (Å²) >= 11 is 0. The third-order valence-corrected chi connectivity index (χ3v) is 15.0. The van der Waals surface area contributed by atoms with E-state index in [0.717, 1.165) is 71.1 Å². The van der Waals surface area contributed by atoms with E-state index in [1.54, 1.807) is 36.4 Å². The van der Waals surface area contributed by atoms with Gasteiger partial charge in [-0.2, -0.15) is 0 Å². The summed E-state index contributed by atoms with van der Waals surface area (Å²) in [5.41, 5.74) is 2.19. The van der Waals surface area contributed by atoms with Crippen molar-refractivity contribution in [3.05, 3.63) is 102 Å². The molecule has 1 radical (unpaired) electrons. The van der Waals surface area contributed by atoms with E-state index in [4.69, 9.17) is 28.4 Å². The van der Waals surface area contributed by atoms with Crippen molar-refractivity contribution in [3.63, 3.8) is 0 Å². The minimum Gasteiger partial charge on any atom is -0.458 e. The van der Waals surface area contributed by atoms with Gasteiger partial charge >= 0.3 is 23.9 Å². The second-order valence-corrected chi connectivity index (χ2v) is 22.0. The Bertz CT molecular complexity index is 2530. The van der Waals surface area contributed by atoms with E-state index in [1.807, 2.05) is 42.5 Å². The van der Waals surface area contributed by atoms with Crippen LogP contribution in [0.3, 0.4) is 0 Å². The number of amides is 3. The molecule has 4 aliphatic rings. The third kappa shape index (κ3) is 18.0. The van der Waals surface area contributed by atoms with Gasteiger partial charge in [-0.1, -0.05) is 80.3 Å². The zero-order valence-electron chi connectivity index (χ0n) is 46.9. The smallest absolute Gasteiger partial charge is 0.347 e. The van der Waals surface area contributed by atoms with Crippen molar-refractivity contribution in [3.8, 4) is 0 Å². The molecule has 3 aromatic carbocycles. The van der Waals surface area contributed by atoms with E-state index in [-0.39, 0.29) is 31.3 Å². The first kappa shape index (κ1) is 60.0. The highest BCUT2D eigenvalue weighted by Gasteiger charge is 2.43. The molecule has 79 heavy (non-hydrogen) atoms. The Morgan fingerprint density at radius 1 is 0.595 bits per heavy atom. The van der Waals surface area contributed by atoms with Crippen molar-refractivity contribution in [2.75, 3.05) is 83.5 Å². The van der Waals surface area contributed by atoms with Gasteiger partial charge in [0, 0.05) is 71.5 Å². The molecule has 0 aromatic heterocycles. The Labute approximate surface area is 464 Å². The second kappa shape index (κ2) is 28.0. The normalized spacial score (nSPS) is 17.9. The molecule has 18 nitrogen and oxygen atoms in total. The number of ether oxygens (including phenoxy) is 6. The molecule has 4 fully saturated rings. The Morgan fingerprint density at radius 3 is 1.57 bits per heavy atom. The summed E-state index contributed by atoms with van der Waals surface area (Å²) in [4.78, 5) is 106. The number of carbonyl (C=O) groups is 7. The molecule has 2 aliphatic carbocycles. The number of morpholine rings is 2. The molecule has 7 rings (SSSR count). The molecule has 0 spiro atoms. The van der Waals surface area contributed by atoms with Crippen LogP contribution in [0.4, 0.5) is 15.8 Å². The molecule has 6 atom stereocenters. The summed E-state index contributed by atoms with van der Waals surface area (Å²) in [6, 6.07) is 20.5. The van der Waals surface area contributed by atoms with Crippen molar-refractivity contribution in [2.45, 2.75) is 134 Å². The van der Waals surface area contributed by atoms with Crippen LogP contribution in [0.5, 0.6) is 0 Å². The van der Waals surface area contributed by atoms with Crippen LogP contribution in [-0.2, 0) is 81.4 Å². The highest BCUT2D eigenvalue weighted by molar-refractivity contribution is 5.93. The van der Waals surface area contributed by atoms with Gasteiger partial charge in [-0.15, -0.1) is 0 Å². The molecular formula is C60H79FN5O13. The highest BCUT2D eigenvalue weighted by atomic mass is 19.1. The standard InChI is InChI=1S/C60H79FN5O13/c1-40(77-57(71)49(35-43-13-14-43)62(5)53(67)26-21-42-17-22-47(23-18-42)65-27-31-74-32-28-65)54(68)64(7)51(38-60(3,4)61)59(73)79-52(37-45-19-24-48(25-20-45)66-29-33-75-34-30-66)55(69)63(6)50(36-44-15-16-44)58(72)78-41(2)56(70)76-39-46-11-9-8-10-12-46/h8-12,17-20,22-26,40-41,43-44,49-52H,13-16,21,27-39H2,1-7H3/t40-,41-,49+,50+,51+,52-/m1/s1. The number of halogens is 1. The number of anilines is 2. The zero-order chi connectivity index (χ0) is 56.8. The van der Waals surface area contributed by atoms with Gasteiger partial charge in [-0.3, -0.25) is 14.4 Å². The molecule has 429 valence electrons. The van der Waals surface area contributed by atoms with Gasteiger partial charge in [0.05, 0.1) is 32.8 Å². The van der Waals surface area contributed by atoms with E-state index < -0.39 is 90.1 Å². The van der Waals surface area contributed by atoms with Crippen LogP contribution in [0, 0.1) is 18.3 Å². The molecule has 2 saturated carbocycles. The van der Waals surface area contributed by atoms with Crippen molar-refractivity contribution in [1.29, 1.82) is 0 Å². The molecule has 2 aliphatic heterocycles. The van der Waals surface area contributed by atoms with Crippen molar-refractivity contribution in [2.24, 2.45) is 11.8 Å². The maximum atomic E-state index is 15.8. The lowest BCUT2D eigenvalue weighted by Gasteiger charge is -2.34. The number of alkyl halides is 1. The topological polar surface area (TPSA) is 191 Å². The fraction of sp³-hybridized carbons (Fsp3) is 0.567. The third-order valence-electron chi connectivity index (χ3n) is 15.0. The Hall–Kier alpha value is -6.60. The average molecular weight is 1100 g/mol. The largest absolute Gasteiger partial charge is 0.458 e. The van der Waals surface area contributed by atoms with Crippen molar-refractivity contribution >= 4 is 53.0 Å². The summed E-state index contributed by atoms with van der Waals surface area (Å²) < 4.78 is 49.8. The van der Waals surface area contributed by atoms with Gasteiger partial charge in [0.1, 0.15) is 30.4 Å². The fourth-order valence-corrected chi connectivity index (χ4v) is 9.72. The maximum Gasteiger partial charge on any atom is 0.347 e. The molecule has 2 heterocycles. The first-order valence-corrected chi connectivity index (χ1v) is 27.7. The number of rotatable bonds is 27. The maximum absolute atomic E-state index is 15.8. The van der Waals surface area contributed by atoms with Crippen LogP contribution in [0.1, 0.15) is 89.3 Å². The van der Waals surface area contributed by atoms with Crippen molar-refractivity contribution < 1.29 is 66.4 Å². The van der Waals surface area contributed by atoms with E-state index in [1.165, 1.54) is 60.2 Å². The van der Waals surface area contributed by atoms with Crippen LogP contribution in [-0.4, -0.2) is 172 Å². The van der Waals surface area contributed by atoms with Crippen LogP contribution in [0.25, 0.3) is 0 Å². The number of hydrogen-bond donors (Lipinski definition) is 0. The molecular weight excluding hydrogens is 1020 g/mol. The second-order valence-electron chi connectivity index (χ2n) is 22.0. The SMILES string of the molecule is C[C@@H](OC(=O)[C@H](CC1CC1)N(C)C(=O)[C@@H](Cc1ccc(N2CCOCC2)cc1)OC(=O)[C@H](CC(C)(C)F)N(C)C(=O)[C@@H](C)OC(=O)[C@H](CC1CC1)N(C)C(=O)[CH]Cc1ccc(N2CCOCC2)cc1)C(=O)OCc1ccccc1. The fourth-order valence-electron chi connectivity index (χ4n) is 9.72. The quantitative estimate of drug-likeness (QED) is 0.0630. The molecule has 0 N–H and O–H groups in total. The van der Waals surface area contributed by atoms with E-state index in [0.29, 0.717) is 57.9 Å². The summed E-state index contributed by atoms with van der Waals surface area (Å²) in [5.74, 6) is -5.30. The predicted molar refractivity (Wildman–Crippen MR) is 292 cm³/mol. The van der Waals surface area contributed by atoms with Crippen LogP contribution in [0.15, 0.2) is 78.9 Å². The number of likely N-dealkylation sites (N-methyl/N-ethyl adjacent to an activating group) is 3. The lowest BCUT2D eigenvalue weighted by atomic mass is 9.99. The van der Waals surface area contributed by atoms with Crippen molar-refractivity contribution in [1.82, 2.24) is 14.7 Å². The van der Waals surface area contributed by atoms with E-state index in [9.17, 15) is 33.6 Å². The minimum absolute atomic E-state index is 0.0371. The lowest BCUT2D eigenvalue weighted by Crippen LogP contribution is -2.53. The first-order chi connectivity index (χ1) is 37.7. The summed E-state index contributed by atoms with van der Waals surface area (Å²) in [5, 5.41) is 0. The average Bonchev–Trinajstić information content (AvgIpc) is 4.43. The number of benzene rings is 3. The molecule has 19 heteroatoms. The van der Waals surface area contributed by atoms with Gasteiger partial charge in [-0.25, -0.2) is 23.6 Å². The number of carbonyl (C=O) groups excluding carboxylic acids is 7. The summed E-state index contributed by atoms with van der Waals surface area (Å²) in [7, 11) is 4.19. The van der Waals surface area contributed by atoms with E-state index in [2.05, 4.69) is 9.80 Å². The summed E-state index contributed by atoms with van der Waals surface area (Å²) in [6.45, 7) is 10.6. The number of nitrogens with zero attached hydrogens (tertiary/aromatic N) is 5. The summed E-state index contributed by atoms with van der Waals surface area (Å²) in [6.07, 6.45) is 0.600. The zero-order valence-corrected chi connectivity index (χ0v) is 46.9. The molecule has 0 bridgehead atoms. The molecule has 2 saturated heterocycles. The Kier molecular flexibility index (Phi) is 21.3. The van der Waals surface area contributed by atoms with Gasteiger partial charge in [-0.05, 0) is 99.7 Å². The van der Waals surface area contributed by atoms with Crippen LogP contribution in [0.2, 0.25) is 0 Å². The van der Waals surface area contributed by atoms with Gasteiger partial charge in [0.2, 0.25) is 5.91 Å². The van der Waals surface area contributed by atoms with Gasteiger partial charge in [0.15, 0.2) is 18.3 Å². The molecule has 3 amide bonds. The van der Waals surface area contributed by atoms with Gasteiger partial charge < -0.3 is 52.9 Å². The number of esters is 4. The first-order valence-electron chi connectivity index (χ1n) is 27.7. The molecule has 0 unspecified atom stereocenters. The predicted octanol–water partition coefficient (Wildman–Crippen LogP) is 6.09. The number of hydrogen-bond acceptors (Lipinski definition) is 15.